The van der Waals surface area contributed by atoms with E-state index in [1.807, 2.05) is 0 Å². The van der Waals surface area contributed by atoms with Crippen molar-refractivity contribution >= 4 is 6.03 Å². The molecular formula is C16H24F5N3O2. The lowest BCUT2D eigenvalue weighted by atomic mass is 9.80. The minimum atomic E-state index is -4.23. The minimum Gasteiger partial charge on any atom is -0.473 e. The van der Waals surface area contributed by atoms with E-state index < -0.39 is 36.7 Å². The summed E-state index contributed by atoms with van der Waals surface area (Å²) in [6.45, 7) is 1.68. The van der Waals surface area contributed by atoms with Crippen LogP contribution in [-0.4, -0.2) is 44.4 Å². The Labute approximate surface area is 149 Å². The van der Waals surface area contributed by atoms with E-state index in [-0.39, 0.29) is 25.3 Å². The van der Waals surface area contributed by atoms with Gasteiger partial charge in [-0.1, -0.05) is 6.08 Å². The summed E-state index contributed by atoms with van der Waals surface area (Å²) in [5, 5.41) is 7.61. The number of carbonyl (C=O) groups excluding carboxylic acids is 1. The van der Waals surface area contributed by atoms with Crippen LogP contribution < -0.4 is 16.0 Å². The van der Waals surface area contributed by atoms with Gasteiger partial charge in [0.1, 0.15) is 0 Å². The van der Waals surface area contributed by atoms with Crippen LogP contribution in [0.2, 0.25) is 0 Å². The van der Waals surface area contributed by atoms with Crippen molar-refractivity contribution in [2.45, 2.75) is 44.8 Å². The van der Waals surface area contributed by atoms with Crippen molar-refractivity contribution in [3.8, 4) is 0 Å². The Morgan fingerprint density at radius 1 is 1.23 bits per heavy atom. The number of halogens is 5. The van der Waals surface area contributed by atoms with Gasteiger partial charge >= 0.3 is 12.2 Å². The zero-order valence-corrected chi connectivity index (χ0v) is 14.8. The Kier molecular flexibility index (Phi) is 7.70. The fraction of sp³-hybridized carbons (Fsp3) is 0.688. The molecule has 1 saturated carbocycles. The summed E-state index contributed by atoms with van der Waals surface area (Å²) in [7, 11) is 1.50. The van der Waals surface area contributed by atoms with Crippen LogP contribution in [0.1, 0.15) is 26.7 Å². The lowest BCUT2D eigenvalue weighted by Gasteiger charge is -2.36. The molecule has 0 heterocycles. The highest BCUT2D eigenvalue weighted by Gasteiger charge is 2.48. The molecule has 0 aromatic rings. The van der Waals surface area contributed by atoms with Crippen LogP contribution in [0.15, 0.2) is 23.6 Å². The Balaban J connectivity index is 2.41. The van der Waals surface area contributed by atoms with Crippen LogP contribution in [0.4, 0.5) is 26.7 Å². The van der Waals surface area contributed by atoms with Crippen LogP contribution in [0.3, 0.4) is 0 Å². The van der Waals surface area contributed by atoms with Crippen molar-refractivity contribution in [3.05, 3.63) is 23.6 Å². The van der Waals surface area contributed by atoms with E-state index >= 15 is 0 Å². The molecule has 10 heteroatoms. The molecule has 0 aromatic heterocycles. The lowest BCUT2D eigenvalue weighted by Crippen LogP contribution is -2.51. The molecule has 2 amide bonds. The largest absolute Gasteiger partial charge is 0.473 e. The number of carbonyl (C=O) groups is 1. The van der Waals surface area contributed by atoms with E-state index in [9.17, 15) is 26.7 Å². The maximum absolute atomic E-state index is 12.8. The maximum atomic E-state index is 12.8. The van der Waals surface area contributed by atoms with Crippen molar-refractivity contribution in [1.82, 2.24) is 16.0 Å². The number of allylic oxidation sites excluding steroid dienone is 1. The van der Waals surface area contributed by atoms with Crippen LogP contribution in [-0.2, 0) is 4.74 Å². The van der Waals surface area contributed by atoms with Gasteiger partial charge in [0, 0.05) is 32.6 Å². The molecule has 0 radical (unpaired) electrons. The van der Waals surface area contributed by atoms with Crippen molar-refractivity contribution in [3.63, 3.8) is 0 Å². The number of amides is 2. The number of hydrogen-bond donors (Lipinski definition) is 3. The molecule has 1 aliphatic rings. The van der Waals surface area contributed by atoms with Gasteiger partial charge in [0.25, 0.3) is 5.92 Å². The zero-order chi connectivity index (χ0) is 20.0. The summed E-state index contributed by atoms with van der Waals surface area (Å²) in [6.07, 6.45) is -1.38. The molecule has 1 fully saturated rings. The molecule has 150 valence electrons. The molecule has 0 saturated heterocycles. The summed E-state index contributed by atoms with van der Waals surface area (Å²) >= 11 is 0. The van der Waals surface area contributed by atoms with Gasteiger partial charge in [0.15, 0.2) is 12.5 Å². The number of nitrogens with one attached hydrogen (secondary N) is 3. The number of urea groups is 1. The molecule has 0 spiro atoms. The first-order valence-electron chi connectivity index (χ1n) is 8.11. The van der Waals surface area contributed by atoms with Crippen molar-refractivity contribution in [1.29, 1.82) is 0 Å². The molecule has 26 heavy (non-hydrogen) atoms. The van der Waals surface area contributed by atoms with Gasteiger partial charge in [-0.15, -0.1) is 0 Å². The second-order valence-corrected chi connectivity index (χ2v) is 6.21. The lowest BCUT2D eigenvalue weighted by molar-refractivity contribution is -0.198. The van der Waals surface area contributed by atoms with Crippen LogP contribution in [0.5, 0.6) is 0 Å². The third kappa shape index (κ3) is 7.92. The van der Waals surface area contributed by atoms with Crippen molar-refractivity contribution in [2.24, 2.45) is 5.92 Å². The zero-order valence-electron chi connectivity index (χ0n) is 14.8. The summed E-state index contributed by atoms with van der Waals surface area (Å²) < 4.78 is 67.8. The van der Waals surface area contributed by atoms with Crippen LogP contribution in [0, 0.1) is 5.92 Å². The molecule has 0 aromatic carbocycles. The molecule has 3 N–H and O–H groups in total. The third-order valence-electron chi connectivity index (χ3n) is 3.80. The van der Waals surface area contributed by atoms with Gasteiger partial charge in [0.05, 0.1) is 5.92 Å². The quantitative estimate of drug-likeness (QED) is 0.341. The fourth-order valence-electron chi connectivity index (χ4n) is 2.22. The molecular weight excluding hydrogens is 361 g/mol. The Morgan fingerprint density at radius 2 is 1.85 bits per heavy atom. The third-order valence-corrected chi connectivity index (χ3v) is 3.80. The first-order valence-corrected chi connectivity index (χ1v) is 8.11. The number of hydrogen-bond acceptors (Lipinski definition) is 3. The highest BCUT2D eigenvalue weighted by Crippen LogP contribution is 2.40. The average Bonchev–Trinajstić information content (AvgIpc) is 2.47. The monoisotopic (exact) mass is 385 g/mol. The molecule has 0 aliphatic heterocycles. The molecule has 0 bridgehead atoms. The van der Waals surface area contributed by atoms with Crippen molar-refractivity contribution < 1.29 is 31.5 Å². The standard InChI is InChI=1S/C16H24F5N3O2/c1-4-10(5-13(22-3)26-9-15(2,17)18)8-23-14(25)24-12-6-11(7-12)16(19,20)21/h4-5,11-12,22H,6-9H2,1-3H3,(H2,23,24,25)/b10-4+,13-5+. The number of alkyl halides is 5. The Morgan fingerprint density at radius 3 is 2.31 bits per heavy atom. The SMILES string of the molecule is C/C=C(\C=C(/NC)OCC(C)(F)F)CNC(=O)NC1CC(C(F)(F)F)C1. The van der Waals surface area contributed by atoms with Gasteiger partial charge in [-0.2, -0.15) is 13.2 Å². The van der Waals surface area contributed by atoms with Crippen LogP contribution in [0.25, 0.3) is 0 Å². The van der Waals surface area contributed by atoms with E-state index in [0.29, 0.717) is 5.57 Å². The fourth-order valence-corrected chi connectivity index (χ4v) is 2.22. The number of rotatable bonds is 8. The minimum absolute atomic E-state index is 0.0643. The summed E-state index contributed by atoms with van der Waals surface area (Å²) in [4.78, 5) is 11.7. The Bertz CT molecular complexity index is 535. The molecule has 1 aliphatic carbocycles. The summed E-state index contributed by atoms with van der Waals surface area (Å²) in [5.74, 6) is -4.25. The predicted molar refractivity (Wildman–Crippen MR) is 86.6 cm³/mol. The molecule has 1 rings (SSSR count). The molecule has 0 unspecified atom stereocenters. The average molecular weight is 385 g/mol. The summed E-state index contributed by atoms with van der Waals surface area (Å²) in [5.41, 5.74) is 0.575. The smallest absolute Gasteiger partial charge is 0.391 e. The molecule has 5 nitrogen and oxygen atoms in total. The normalized spacial score (nSPS) is 21.7. The van der Waals surface area contributed by atoms with Gasteiger partial charge in [-0.25, -0.2) is 13.6 Å². The second kappa shape index (κ2) is 9.09. The van der Waals surface area contributed by atoms with Crippen LogP contribution >= 0.6 is 0 Å². The number of ether oxygens (including phenoxy) is 1. The van der Waals surface area contributed by atoms with E-state index in [0.717, 1.165) is 6.92 Å². The van der Waals surface area contributed by atoms with Crippen molar-refractivity contribution in [2.75, 3.05) is 20.2 Å². The first kappa shape index (κ1) is 22.0. The maximum Gasteiger partial charge on any atom is 0.391 e. The van der Waals surface area contributed by atoms with E-state index in [1.165, 1.54) is 13.1 Å². The van der Waals surface area contributed by atoms with E-state index in [4.69, 9.17) is 4.74 Å². The summed E-state index contributed by atoms with van der Waals surface area (Å²) in [6, 6.07) is -1.09. The highest BCUT2D eigenvalue weighted by atomic mass is 19.4. The van der Waals surface area contributed by atoms with Gasteiger partial charge in [-0.05, 0) is 25.3 Å². The highest BCUT2D eigenvalue weighted by molar-refractivity contribution is 5.74. The molecule has 0 atom stereocenters. The second-order valence-electron chi connectivity index (χ2n) is 6.21. The van der Waals surface area contributed by atoms with E-state index in [2.05, 4.69) is 16.0 Å². The van der Waals surface area contributed by atoms with E-state index in [1.54, 1.807) is 13.0 Å². The van der Waals surface area contributed by atoms with Gasteiger partial charge < -0.3 is 20.7 Å². The first-order chi connectivity index (χ1) is 11.9. The predicted octanol–water partition coefficient (Wildman–Crippen LogP) is 3.31. The topological polar surface area (TPSA) is 62.4 Å². The van der Waals surface area contributed by atoms with Gasteiger partial charge in [-0.3, -0.25) is 0 Å². The van der Waals surface area contributed by atoms with Gasteiger partial charge in [0.2, 0.25) is 0 Å². The Hall–Kier alpha value is -2.00.